The molecule has 3 rings (SSSR count). The van der Waals surface area contributed by atoms with Crippen LogP contribution in [-0.2, 0) is 11.3 Å². The van der Waals surface area contributed by atoms with Gasteiger partial charge in [-0.25, -0.2) is 14.2 Å². The average Bonchev–Trinajstić information content (AvgIpc) is 2.72. The third-order valence-electron chi connectivity index (χ3n) is 4.71. The Balaban J connectivity index is 1.55. The second-order valence-electron chi connectivity index (χ2n) is 7.04. The molecule has 0 unspecified atom stereocenters. The molecule has 9 heteroatoms. The van der Waals surface area contributed by atoms with Gasteiger partial charge in [-0.2, -0.15) is 0 Å². The maximum atomic E-state index is 14.0. The van der Waals surface area contributed by atoms with Gasteiger partial charge in [0, 0.05) is 32.1 Å². The number of hydrogen-bond acceptors (Lipinski definition) is 5. The number of likely N-dealkylation sites (tertiary alicyclic amines) is 1. The molecule has 2 heterocycles. The highest BCUT2D eigenvalue weighted by molar-refractivity contribution is 5.89. The quantitative estimate of drug-likeness (QED) is 0.755. The number of benzene rings is 1. The lowest BCUT2D eigenvalue weighted by Gasteiger charge is -2.32. The first-order valence-corrected chi connectivity index (χ1v) is 9.69. The van der Waals surface area contributed by atoms with Crippen LogP contribution in [0, 0.1) is 5.82 Å². The van der Waals surface area contributed by atoms with Crippen molar-refractivity contribution in [2.45, 2.75) is 32.4 Å². The Morgan fingerprint density at radius 2 is 2.13 bits per heavy atom. The first-order chi connectivity index (χ1) is 14.4. The van der Waals surface area contributed by atoms with Crippen LogP contribution < -0.4 is 20.1 Å². The standard InChI is InChI=1S/C21H25FN4O4/c1-14(27)26-7-3-4-18(13-26)30-19-9-15(8-16(22)10-19)11-24-21(28)25-17-5-6-20(29-2)23-12-17/h5-6,8-10,12,18H,3-4,7,11,13H2,1-2H3,(H2,24,25,28)/t18-/m1/s1. The summed E-state index contributed by atoms with van der Waals surface area (Å²) >= 11 is 0. The Morgan fingerprint density at radius 3 is 2.83 bits per heavy atom. The van der Waals surface area contributed by atoms with Crippen LogP contribution in [-0.4, -0.2) is 48.1 Å². The van der Waals surface area contributed by atoms with E-state index in [-0.39, 0.29) is 18.6 Å². The van der Waals surface area contributed by atoms with Crippen LogP contribution in [0.1, 0.15) is 25.3 Å². The van der Waals surface area contributed by atoms with E-state index in [0.717, 1.165) is 12.8 Å². The monoisotopic (exact) mass is 416 g/mol. The van der Waals surface area contributed by atoms with Crippen molar-refractivity contribution < 1.29 is 23.5 Å². The summed E-state index contributed by atoms with van der Waals surface area (Å²) in [5, 5.41) is 5.32. The van der Waals surface area contributed by atoms with Gasteiger partial charge in [0.15, 0.2) is 0 Å². The van der Waals surface area contributed by atoms with Gasteiger partial charge in [0.25, 0.3) is 0 Å². The summed E-state index contributed by atoms with van der Waals surface area (Å²) in [6.45, 7) is 2.85. The van der Waals surface area contributed by atoms with Crippen molar-refractivity contribution in [2.24, 2.45) is 0 Å². The summed E-state index contributed by atoms with van der Waals surface area (Å²) in [4.78, 5) is 29.4. The van der Waals surface area contributed by atoms with E-state index in [4.69, 9.17) is 9.47 Å². The van der Waals surface area contributed by atoms with Crippen molar-refractivity contribution in [3.63, 3.8) is 0 Å². The van der Waals surface area contributed by atoms with Crippen LogP contribution in [0.3, 0.4) is 0 Å². The third-order valence-corrected chi connectivity index (χ3v) is 4.71. The number of anilines is 1. The van der Waals surface area contributed by atoms with Crippen LogP contribution in [0.25, 0.3) is 0 Å². The number of hydrogen-bond donors (Lipinski definition) is 2. The van der Waals surface area contributed by atoms with Gasteiger partial charge in [-0.05, 0) is 36.6 Å². The molecule has 2 aromatic rings. The van der Waals surface area contributed by atoms with Gasteiger partial charge >= 0.3 is 6.03 Å². The van der Waals surface area contributed by atoms with Crippen LogP contribution in [0.2, 0.25) is 0 Å². The highest BCUT2D eigenvalue weighted by Gasteiger charge is 2.23. The van der Waals surface area contributed by atoms with Gasteiger partial charge in [0.2, 0.25) is 11.8 Å². The number of carbonyl (C=O) groups is 2. The van der Waals surface area contributed by atoms with E-state index in [1.807, 2.05) is 0 Å². The van der Waals surface area contributed by atoms with Gasteiger partial charge < -0.3 is 25.0 Å². The summed E-state index contributed by atoms with van der Waals surface area (Å²) in [7, 11) is 1.51. The lowest BCUT2D eigenvalue weighted by molar-refractivity contribution is -0.131. The normalized spacial score (nSPS) is 16.0. The zero-order valence-electron chi connectivity index (χ0n) is 17.0. The van der Waals surface area contributed by atoms with Crippen molar-refractivity contribution in [1.29, 1.82) is 0 Å². The van der Waals surface area contributed by atoms with Gasteiger partial charge in [0.05, 0.1) is 25.5 Å². The molecule has 1 aromatic carbocycles. The summed E-state index contributed by atoms with van der Waals surface area (Å²) in [5.74, 6) is 0.369. The molecule has 3 amide bonds. The predicted molar refractivity (Wildman–Crippen MR) is 109 cm³/mol. The van der Waals surface area contributed by atoms with Crippen molar-refractivity contribution in [3.8, 4) is 11.6 Å². The molecule has 1 fully saturated rings. The molecule has 2 N–H and O–H groups in total. The molecule has 1 atom stereocenters. The minimum atomic E-state index is -0.455. The Kier molecular flexibility index (Phi) is 7.05. The Morgan fingerprint density at radius 1 is 1.30 bits per heavy atom. The first-order valence-electron chi connectivity index (χ1n) is 9.69. The molecule has 0 aliphatic carbocycles. The number of rotatable bonds is 6. The van der Waals surface area contributed by atoms with Crippen molar-refractivity contribution >= 4 is 17.6 Å². The maximum absolute atomic E-state index is 14.0. The molecule has 160 valence electrons. The summed E-state index contributed by atoms with van der Waals surface area (Å²) in [6.07, 6.45) is 2.93. The lowest BCUT2D eigenvalue weighted by atomic mass is 10.1. The van der Waals surface area contributed by atoms with E-state index in [2.05, 4.69) is 15.6 Å². The molecule has 1 saturated heterocycles. The predicted octanol–water partition coefficient (Wildman–Crippen LogP) is 2.94. The Bertz CT molecular complexity index is 891. The second kappa shape index (κ2) is 9.91. The van der Waals surface area contributed by atoms with E-state index >= 15 is 0 Å². The van der Waals surface area contributed by atoms with Crippen molar-refractivity contribution in [2.75, 3.05) is 25.5 Å². The third kappa shape index (κ3) is 6.07. The topological polar surface area (TPSA) is 92.8 Å². The van der Waals surface area contributed by atoms with E-state index < -0.39 is 11.8 Å². The number of carbonyl (C=O) groups excluding carboxylic acids is 2. The molecule has 0 saturated carbocycles. The summed E-state index contributed by atoms with van der Waals surface area (Å²) in [6, 6.07) is 7.17. The van der Waals surface area contributed by atoms with Crippen LogP contribution in [0.5, 0.6) is 11.6 Å². The fourth-order valence-corrected chi connectivity index (χ4v) is 3.24. The Labute approximate surface area is 174 Å². The number of ether oxygens (including phenoxy) is 2. The zero-order chi connectivity index (χ0) is 21.5. The molecular formula is C21H25FN4O4. The largest absolute Gasteiger partial charge is 0.488 e. The highest BCUT2D eigenvalue weighted by Crippen LogP contribution is 2.21. The van der Waals surface area contributed by atoms with Crippen molar-refractivity contribution in [3.05, 3.63) is 47.9 Å². The second-order valence-corrected chi connectivity index (χ2v) is 7.04. The number of pyridine rings is 1. The molecular weight excluding hydrogens is 391 g/mol. The molecule has 1 aliphatic rings. The zero-order valence-corrected chi connectivity index (χ0v) is 17.0. The van der Waals surface area contributed by atoms with Gasteiger partial charge in [0.1, 0.15) is 17.7 Å². The fraction of sp³-hybridized carbons (Fsp3) is 0.381. The van der Waals surface area contributed by atoms with Gasteiger partial charge in [-0.15, -0.1) is 0 Å². The van der Waals surface area contributed by atoms with Crippen LogP contribution >= 0.6 is 0 Å². The molecule has 30 heavy (non-hydrogen) atoms. The number of urea groups is 1. The van der Waals surface area contributed by atoms with Gasteiger partial charge in [-0.1, -0.05) is 0 Å². The van der Waals surface area contributed by atoms with Crippen LogP contribution in [0.4, 0.5) is 14.9 Å². The molecule has 0 radical (unpaired) electrons. The molecule has 1 aliphatic heterocycles. The van der Waals surface area contributed by atoms with Crippen LogP contribution in [0.15, 0.2) is 36.5 Å². The number of methoxy groups -OCH3 is 1. The smallest absolute Gasteiger partial charge is 0.319 e. The highest BCUT2D eigenvalue weighted by atomic mass is 19.1. The number of nitrogens with one attached hydrogen (secondary N) is 2. The van der Waals surface area contributed by atoms with E-state index in [1.165, 1.54) is 32.4 Å². The molecule has 0 bridgehead atoms. The lowest BCUT2D eigenvalue weighted by Crippen LogP contribution is -2.43. The minimum Gasteiger partial charge on any atom is -0.488 e. The first kappa shape index (κ1) is 21.4. The number of aromatic nitrogens is 1. The maximum Gasteiger partial charge on any atom is 0.319 e. The summed E-state index contributed by atoms with van der Waals surface area (Å²) < 4.78 is 24.9. The minimum absolute atomic E-state index is 0.00510. The average molecular weight is 416 g/mol. The SMILES string of the molecule is COc1ccc(NC(=O)NCc2cc(F)cc(O[C@@H]3CCCN(C(C)=O)C3)c2)cn1. The van der Waals surface area contributed by atoms with E-state index in [9.17, 15) is 14.0 Å². The van der Waals surface area contributed by atoms with E-state index in [0.29, 0.717) is 36.0 Å². The molecule has 1 aromatic heterocycles. The van der Waals surface area contributed by atoms with Gasteiger partial charge in [-0.3, -0.25) is 4.79 Å². The Hall–Kier alpha value is -3.36. The van der Waals surface area contributed by atoms with E-state index in [1.54, 1.807) is 23.1 Å². The fourth-order valence-electron chi connectivity index (χ4n) is 3.24. The number of halogens is 1. The number of nitrogens with zero attached hydrogens (tertiary/aromatic N) is 2. The number of piperidine rings is 1. The molecule has 8 nitrogen and oxygen atoms in total. The number of amides is 3. The molecule has 0 spiro atoms. The summed E-state index contributed by atoms with van der Waals surface area (Å²) in [5.41, 5.74) is 1.07. The van der Waals surface area contributed by atoms with Crippen molar-refractivity contribution in [1.82, 2.24) is 15.2 Å².